The molecule has 0 aromatic heterocycles. The molecular weight excluding hydrogens is 326 g/mol. The second-order valence-corrected chi connectivity index (χ2v) is 5.47. The average molecular weight is 349 g/mol. The number of nitrogens with two attached hydrogens (primary N) is 1. The van der Waals surface area contributed by atoms with E-state index >= 15 is 0 Å². The minimum absolute atomic E-state index is 0. The number of hydrogen-bond acceptors (Lipinski definition) is 3. The van der Waals surface area contributed by atoms with Gasteiger partial charge in [-0.1, -0.05) is 6.07 Å². The number of piperidine rings is 1. The molecule has 2 rings (SSSR count). The van der Waals surface area contributed by atoms with Crippen LogP contribution in [0.2, 0.25) is 0 Å². The average Bonchev–Trinajstić information content (AvgIpc) is 2.52. The van der Waals surface area contributed by atoms with Crippen LogP contribution >= 0.6 is 12.4 Å². The van der Waals surface area contributed by atoms with E-state index in [0.717, 1.165) is 19.3 Å². The predicted octanol–water partition coefficient (Wildman–Crippen LogP) is 2.29. The molecule has 0 radical (unpaired) electrons. The van der Waals surface area contributed by atoms with Gasteiger partial charge in [0.15, 0.2) is 0 Å². The molecule has 130 valence electrons. The highest BCUT2D eigenvalue weighted by Gasteiger charge is 2.24. The van der Waals surface area contributed by atoms with Gasteiger partial charge >= 0.3 is 0 Å². The van der Waals surface area contributed by atoms with E-state index in [1.54, 1.807) is 4.90 Å². The van der Waals surface area contributed by atoms with Gasteiger partial charge < -0.3 is 15.4 Å². The van der Waals surface area contributed by atoms with Crippen molar-refractivity contribution in [1.29, 1.82) is 0 Å². The van der Waals surface area contributed by atoms with Crippen molar-refractivity contribution in [3.8, 4) is 0 Å². The first-order chi connectivity index (χ1) is 10.6. The lowest BCUT2D eigenvalue weighted by atomic mass is 10.1. The van der Waals surface area contributed by atoms with Gasteiger partial charge in [0.1, 0.15) is 11.6 Å². The number of rotatable bonds is 6. The van der Waals surface area contributed by atoms with Crippen LogP contribution in [-0.2, 0) is 16.0 Å². The lowest BCUT2D eigenvalue weighted by molar-refractivity contribution is -0.133. The Balaban J connectivity index is 0.00000264. The number of ether oxygens (including phenoxy) is 1. The van der Waals surface area contributed by atoms with E-state index in [1.165, 1.54) is 18.2 Å². The molecule has 7 heteroatoms. The summed E-state index contributed by atoms with van der Waals surface area (Å²) in [5, 5.41) is 0. The lowest BCUT2D eigenvalue weighted by Crippen LogP contribution is -2.41. The minimum Gasteiger partial charge on any atom is -0.378 e. The number of amides is 1. The summed E-state index contributed by atoms with van der Waals surface area (Å²) in [6, 6.07) is 3.63. The SMILES string of the molecule is Cl.NCCCOC1CCN(C(=O)Cc2c(F)cccc2F)CC1. The van der Waals surface area contributed by atoms with Gasteiger partial charge in [0.25, 0.3) is 0 Å². The molecule has 0 saturated carbocycles. The zero-order valence-corrected chi connectivity index (χ0v) is 13.8. The number of carbonyl (C=O) groups excluding carboxylic acids is 1. The van der Waals surface area contributed by atoms with Crippen LogP contribution < -0.4 is 5.73 Å². The van der Waals surface area contributed by atoms with Crippen LogP contribution in [0.1, 0.15) is 24.8 Å². The second kappa shape index (κ2) is 9.80. The third-order valence-electron chi connectivity index (χ3n) is 3.89. The fourth-order valence-corrected chi connectivity index (χ4v) is 2.57. The molecule has 1 aliphatic rings. The number of nitrogens with zero attached hydrogens (tertiary/aromatic N) is 1. The van der Waals surface area contributed by atoms with Gasteiger partial charge in [-0.2, -0.15) is 0 Å². The van der Waals surface area contributed by atoms with Crippen molar-refractivity contribution < 1.29 is 18.3 Å². The first-order valence-corrected chi connectivity index (χ1v) is 7.64. The molecule has 1 heterocycles. The quantitative estimate of drug-likeness (QED) is 0.802. The summed E-state index contributed by atoms with van der Waals surface area (Å²) in [6.45, 7) is 2.35. The molecule has 0 bridgehead atoms. The number of halogens is 3. The predicted molar refractivity (Wildman–Crippen MR) is 86.5 cm³/mol. The Kier molecular flexibility index (Phi) is 8.44. The maximum Gasteiger partial charge on any atom is 0.227 e. The number of carbonyl (C=O) groups is 1. The minimum atomic E-state index is -0.673. The standard InChI is InChI=1S/C16H22F2N2O2.ClH/c17-14-3-1-4-15(18)13(14)11-16(21)20-8-5-12(6-9-20)22-10-2-7-19;/h1,3-4,12H,2,5-11,19H2;1H. The first kappa shape index (κ1) is 19.8. The monoisotopic (exact) mass is 348 g/mol. The van der Waals surface area contributed by atoms with Gasteiger partial charge in [0, 0.05) is 25.3 Å². The lowest BCUT2D eigenvalue weighted by Gasteiger charge is -2.32. The van der Waals surface area contributed by atoms with Gasteiger partial charge in [0.05, 0.1) is 12.5 Å². The largest absolute Gasteiger partial charge is 0.378 e. The van der Waals surface area contributed by atoms with E-state index in [9.17, 15) is 13.6 Å². The number of hydrogen-bond donors (Lipinski definition) is 1. The molecule has 1 fully saturated rings. The van der Waals surface area contributed by atoms with E-state index in [-0.39, 0.29) is 36.4 Å². The molecule has 1 amide bonds. The molecule has 0 atom stereocenters. The molecule has 0 aliphatic carbocycles. The van der Waals surface area contributed by atoms with Crippen molar-refractivity contribution in [2.45, 2.75) is 31.8 Å². The van der Waals surface area contributed by atoms with Crippen LogP contribution in [0.15, 0.2) is 18.2 Å². The Morgan fingerprint density at radius 3 is 2.43 bits per heavy atom. The highest BCUT2D eigenvalue weighted by Crippen LogP contribution is 2.18. The zero-order chi connectivity index (χ0) is 15.9. The van der Waals surface area contributed by atoms with Crippen molar-refractivity contribution in [1.82, 2.24) is 4.90 Å². The third-order valence-corrected chi connectivity index (χ3v) is 3.89. The maximum atomic E-state index is 13.6. The van der Waals surface area contributed by atoms with Crippen LogP contribution in [0.4, 0.5) is 8.78 Å². The van der Waals surface area contributed by atoms with E-state index in [2.05, 4.69) is 0 Å². The fraction of sp³-hybridized carbons (Fsp3) is 0.562. The van der Waals surface area contributed by atoms with E-state index in [4.69, 9.17) is 10.5 Å². The molecular formula is C16H23ClF2N2O2. The summed E-state index contributed by atoms with van der Waals surface area (Å²) in [5.74, 6) is -1.59. The Morgan fingerprint density at radius 1 is 1.26 bits per heavy atom. The summed E-state index contributed by atoms with van der Waals surface area (Å²) in [6.07, 6.45) is 2.22. The van der Waals surface area contributed by atoms with Crippen molar-refractivity contribution in [2.24, 2.45) is 5.73 Å². The summed E-state index contributed by atoms with van der Waals surface area (Å²) in [4.78, 5) is 13.8. The van der Waals surface area contributed by atoms with Gasteiger partial charge in [-0.05, 0) is 37.9 Å². The first-order valence-electron chi connectivity index (χ1n) is 7.64. The number of benzene rings is 1. The smallest absolute Gasteiger partial charge is 0.227 e. The Bertz CT molecular complexity index is 489. The molecule has 1 saturated heterocycles. The topological polar surface area (TPSA) is 55.6 Å². The van der Waals surface area contributed by atoms with E-state index < -0.39 is 11.6 Å². The van der Waals surface area contributed by atoms with Crippen LogP contribution in [0.5, 0.6) is 0 Å². The van der Waals surface area contributed by atoms with Crippen LogP contribution in [0.25, 0.3) is 0 Å². The molecule has 1 aromatic rings. The van der Waals surface area contributed by atoms with Crippen molar-refractivity contribution in [3.63, 3.8) is 0 Å². The van der Waals surface area contributed by atoms with Gasteiger partial charge in [-0.3, -0.25) is 4.79 Å². The summed E-state index contributed by atoms with van der Waals surface area (Å²) < 4.78 is 32.8. The Hall–Kier alpha value is -1.24. The Labute approximate surface area is 141 Å². The van der Waals surface area contributed by atoms with Gasteiger partial charge in [-0.15, -0.1) is 12.4 Å². The van der Waals surface area contributed by atoms with E-state index in [1.807, 2.05) is 0 Å². The van der Waals surface area contributed by atoms with Crippen molar-refractivity contribution in [3.05, 3.63) is 35.4 Å². The van der Waals surface area contributed by atoms with Gasteiger partial charge in [-0.25, -0.2) is 8.78 Å². The van der Waals surface area contributed by atoms with Crippen molar-refractivity contribution >= 4 is 18.3 Å². The third kappa shape index (κ3) is 5.71. The van der Waals surface area contributed by atoms with E-state index in [0.29, 0.717) is 26.2 Å². The van der Waals surface area contributed by atoms with Crippen LogP contribution in [-0.4, -0.2) is 43.2 Å². The van der Waals surface area contributed by atoms with Crippen LogP contribution in [0, 0.1) is 11.6 Å². The maximum absolute atomic E-state index is 13.6. The molecule has 23 heavy (non-hydrogen) atoms. The summed E-state index contributed by atoms with van der Waals surface area (Å²) in [5.41, 5.74) is 5.25. The summed E-state index contributed by atoms with van der Waals surface area (Å²) >= 11 is 0. The van der Waals surface area contributed by atoms with Gasteiger partial charge in [0.2, 0.25) is 5.91 Å². The molecule has 1 aliphatic heterocycles. The normalized spacial score (nSPS) is 15.3. The number of likely N-dealkylation sites (tertiary alicyclic amines) is 1. The summed E-state index contributed by atoms with van der Waals surface area (Å²) in [7, 11) is 0. The second-order valence-electron chi connectivity index (χ2n) is 5.47. The molecule has 4 nitrogen and oxygen atoms in total. The molecule has 0 unspecified atom stereocenters. The molecule has 1 aromatic carbocycles. The van der Waals surface area contributed by atoms with Crippen molar-refractivity contribution in [2.75, 3.05) is 26.2 Å². The highest BCUT2D eigenvalue weighted by atomic mass is 35.5. The highest BCUT2D eigenvalue weighted by molar-refractivity contribution is 5.85. The Morgan fingerprint density at radius 2 is 1.87 bits per heavy atom. The zero-order valence-electron chi connectivity index (χ0n) is 13.0. The fourth-order valence-electron chi connectivity index (χ4n) is 2.57. The molecule has 0 spiro atoms. The molecule has 2 N–H and O–H groups in total. The van der Waals surface area contributed by atoms with Crippen LogP contribution in [0.3, 0.4) is 0 Å².